The van der Waals surface area contributed by atoms with Crippen molar-refractivity contribution in [3.63, 3.8) is 0 Å². The fourth-order valence-electron chi connectivity index (χ4n) is 1.84. The molecule has 1 aromatic heterocycles. The van der Waals surface area contributed by atoms with E-state index in [2.05, 4.69) is 4.90 Å². The third kappa shape index (κ3) is 3.18. The number of aliphatic hydroxyl groups excluding tert-OH is 1. The highest BCUT2D eigenvalue weighted by Crippen LogP contribution is 2.23. The number of halogens is 1. The standard InChI is InChI=1S/C11H16ClNO2S/c1-13-4-5-15-10(7-13)9(14)6-8-2-3-11(12)16-8/h2-3,9-10,14H,4-7H2,1H3. The molecule has 0 amide bonds. The maximum atomic E-state index is 10.1. The Bertz CT molecular complexity index is 344. The van der Waals surface area contributed by atoms with Gasteiger partial charge in [-0.2, -0.15) is 0 Å². The summed E-state index contributed by atoms with van der Waals surface area (Å²) in [6.45, 7) is 2.43. The lowest BCUT2D eigenvalue weighted by molar-refractivity contribution is -0.0821. The van der Waals surface area contributed by atoms with Crippen LogP contribution < -0.4 is 0 Å². The van der Waals surface area contributed by atoms with Crippen molar-refractivity contribution >= 4 is 22.9 Å². The molecule has 3 nitrogen and oxygen atoms in total. The molecule has 0 bridgehead atoms. The first-order chi connectivity index (χ1) is 7.65. The summed E-state index contributed by atoms with van der Waals surface area (Å²) in [5, 5.41) is 10.1. The van der Waals surface area contributed by atoms with Gasteiger partial charge in [0.1, 0.15) is 0 Å². The van der Waals surface area contributed by atoms with Crippen molar-refractivity contribution < 1.29 is 9.84 Å². The smallest absolute Gasteiger partial charge is 0.0964 e. The summed E-state index contributed by atoms with van der Waals surface area (Å²) in [5.74, 6) is 0. The third-order valence-corrected chi connectivity index (χ3v) is 4.02. The molecule has 90 valence electrons. The molecule has 5 heteroatoms. The van der Waals surface area contributed by atoms with Gasteiger partial charge in [-0.1, -0.05) is 11.6 Å². The van der Waals surface area contributed by atoms with Crippen molar-refractivity contribution in [1.82, 2.24) is 4.90 Å². The maximum absolute atomic E-state index is 10.1. The number of morpholine rings is 1. The Hall–Kier alpha value is -0.130. The van der Waals surface area contributed by atoms with Gasteiger partial charge in [-0.05, 0) is 19.2 Å². The summed E-state index contributed by atoms with van der Waals surface area (Å²) in [6, 6.07) is 3.82. The van der Waals surface area contributed by atoms with Crippen LogP contribution in [0.2, 0.25) is 4.34 Å². The van der Waals surface area contributed by atoms with Crippen LogP contribution in [0.1, 0.15) is 4.88 Å². The summed E-state index contributed by atoms with van der Waals surface area (Å²) in [5.41, 5.74) is 0. The van der Waals surface area contributed by atoms with E-state index in [4.69, 9.17) is 16.3 Å². The average molecular weight is 262 g/mol. The molecule has 2 unspecified atom stereocenters. The Kier molecular flexibility index (Phi) is 4.21. The fraction of sp³-hybridized carbons (Fsp3) is 0.636. The topological polar surface area (TPSA) is 32.7 Å². The van der Waals surface area contributed by atoms with Crippen LogP contribution in [0.3, 0.4) is 0 Å². The third-order valence-electron chi connectivity index (χ3n) is 2.76. The van der Waals surface area contributed by atoms with Gasteiger partial charge in [0.15, 0.2) is 0 Å². The van der Waals surface area contributed by atoms with Crippen molar-refractivity contribution in [2.24, 2.45) is 0 Å². The van der Waals surface area contributed by atoms with Gasteiger partial charge in [0, 0.05) is 24.4 Å². The van der Waals surface area contributed by atoms with Crippen molar-refractivity contribution in [3.05, 3.63) is 21.3 Å². The molecule has 0 aliphatic carbocycles. The van der Waals surface area contributed by atoms with Crippen molar-refractivity contribution in [2.45, 2.75) is 18.6 Å². The number of likely N-dealkylation sites (N-methyl/N-ethyl adjacent to an activating group) is 1. The summed E-state index contributed by atoms with van der Waals surface area (Å²) < 4.78 is 6.34. The number of nitrogens with zero attached hydrogens (tertiary/aromatic N) is 1. The zero-order chi connectivity index (χ0) is 11.5. The number of thiophene rings is 1. The Morgan fingerprint density at radius 2 is 2.50 bits per heavy atom. The lowest BCUT2D eigenvalue weighted by atomic mass is 10.1. The molecule has 16 heavy (non-hydrogen) atoms. The first-order valence-electron chi connectivity index (χ1n) is 5.37. The minimum Gasteiger partial charge on any atom is -0.390 e. The van der Waals surface area contributed by atoms with E-state index in [0.29, 0.717) is 13.0 Å². The Morgan fingerprint density at radius 3 is 3.12 bits per heavy atom. The number of rotatable bonds is 3. The number of hydrogen-bond donors (Lipinski definition) is 1. The van der Waals surface area contributed by atoms with Crippen LogP contribution in [0, 0.1) is 0 Å². The van der Waals surface area contributed by atoms with E-state index < -0.39 is 6.10 Å². The van der Waals surface area contributed by atoms with Crippen LogP contribution in [-0.4, -0.2) is 49.0 Å². The SMILES string of the molecule is CN1CCOC(C(O)Cc2ccc(Cl)s2)C1. The second-order valence-electron chi connectivity index (χ2n) is 4.15. The number of ether oxygens (including phenoxy) is 1. The Morgan fingerprint density at radius 1 is 1.69 bits per heavy atom. The van der Waals surface area contributed by atoms with Crippen molar-refractivity contribution in [3.8, 4) is 0 Å². The van der Waals surface area contributed by atoms with Gasteiger partial charge in [-0.25, -0.2) is 0 Å². The van der Waals surface area contributed by atoms with E-state index in [0.717, 1.165) is 22.3 Å². The molecule has 0 aromatic carbocycles. The van der Waals surface area contributed by atoms with Gasteiger partial charge < -0.3 is 14.7 Å². The summed E-state index contributed by atoms with van der Waals surface area (Å²) in [7, 11) is 2.05. The zero-order valence-corrected chi connectivity index (χ0v) is 10.8. The highest BCUT2D eigenvalue weighted by molar-refractivity contribution is 7.16. The molecule has 1 N–H and O–H groups in total. The monoisotopic (exact) mass is 261 g/mol. The summed E-state index contributed by atoms with van der Waals surface area (Å²) in [6.07, 6.45) is 0.0905. The Labute approximate surface area is 105 Å². The van der Waals surface area contributed by atoms with E-state index in [1.54, 1.807) is 0 Å². The van der Waals surface area contributed by atoms with E-state index in [1.165, 1.54) is 11.3 Å². The molecule has 0 saturated carbocycles. The quantitative estimate of drug-likeness (QED) is 0.898. The normalized spacial score (nSPS) is 24.6. The van der Waals surface area contributed by atoms with Crippen molar-refractivity contribution in [2.75, 3.05) is 26.7 Å². The number of aliphatic hydroxyl groups is 1. The lowest BCUT2D eigenvalue weighted by Crippen LogP contribution is -2.46. The molecule has 2 heterocycles. The maximum Gasteiger partial charge on any atom is 0.0964 e. The van der Waals surface area contributed by atoms with Crippen molar-refractivity contribution in [1.29, 1.82) is 0 Å². The molecule has 1 saturated heterocycles. The van der Waals surface area contributed by atoms with Gasteiger partial charge in [0.25, 0.3) is 0 Å². The van der Waals surface area contributed by atoms with E-state index in [9.17, 15) is 5.11 Å². The van der Waals surface area contributed by atoms with Crippen LogP contribution in [0.25, 0.3) is 0 Å². The summed E-state index contributed by atoms with van der Waals surface area (Å²) in [4.78, 5) is 3.29. The molecule has 1 aliphatic rings. The molecule has 2 atom stereocenters. The second kappa shape index (κ2) is 5.47. The van der Waals surface area contributed by atoms with Gasteiger partial charge in [0.05, 0.1) is 23.2 Å². The van der Waals surface area contributed by atoms with Gasteiger partial charge in [-0.15, -0.1) is 11.3 Å². The van der Waals surface area contributed by atoms with Crippen LogP contribution >= 0.6 is 22.9 Å². The molecular formula is C11H16ClNO2S. The molecular weight excluding hydrogens is 246 g/mol. The zero-order valence-electron chi connectivity index (χ0n) is 9.23. The lowest BCUT2D eigenvalue weighted by Gasteiger charge is -2.32. The minimum atomic E-state index is -0.447. The van der Waals surface area contributed by atoms with Gasteiger partial charge in [0.2, 0.25) is 0 Å². The highest BCUT2D eigenvalue weighted by Gasteiger charge is 2.25. The highest BCUT2D eigenvalue weighted by atomic mass is 35.5. The summed E-state index contributed by atoms with van der Waals surface area (Å²) >= 11 is 7.37. The fourth-order valence-corrected chi connectivity index (χ4v) is 2.98. The van der Waals surface area contributed by atoms with Crippen LogP contribution in [-0.2, 0) is 11.2 Å². The molecule has 1 fully saturated rings. The first-order valence-corrected chi connectivity index (χ1v) is 6.57. The largest absolute Gasteiger partial charge is 0.390 e. The molecule has 1 aliphatic heterocycles. The first kappa shape index (κ1) is 12.3. The molecule has 2 rings (SSSR count). The second-order valence-corrected chi connectivity index (χ2v) is 5.95. The predicted molar refractivity (Wildman–Crippen MR) is 66.3 cm³/mol. The van der Waals surface area contributed by atoms with E-state index in [1.807, 2.05) is 19.2 Å². The van der Waals surface area contributed by atoms with E-state index >= 15 is 0 Å². The van der Waals surface area contributed by atoms with E-state index in [-0.39, 0.29) is 6.10 Å². The van der Waals surface area contributed by atoms with Crippen LogP contribution in [0.4, 0.5) is 0 Å². The van der Waals surface area contributed by atoms with Crippen LogP contribution in [0.5, 0.6) is 0 Å². The minimum absolute atomic E-state index is 0.0837. The average Bonchev–Trinajstić information content (AvgIpc) is 2.64. The molecule has 0 radical (unpaired) electrons. The number of hydrogen-bond acceptors (Lipinski definition) is 4. The predicted octanol–water partition coefficient (Wildman–Crippen LogP) is 1.64. The Balaban J connectivity index is 1.89. The van der Waals surface area contributed by atoms with Gasteiger partial charge in [-0.3, -0.25) is 0 Å². The molecule has 0 spiro atoms. The van der Waals surface area contributed by atoms with Gasteiger partial charge >= 0.3 is 0 Å². The molecule has 1 aromatic rings. The van der Waals surface area contributed by atoms with Crippen LogP contribution in [0.15, 0.2) is 12.1 Å².